The summed E-state index contributed by atoms with van der Waals surface area (Å²) >= 11 is 0. The van der Waals surface area contributed by atoms with Gasteiger partial charge in [-0.15, -0.1) is 0 Å². The molecule has 0 spiro atoms. The third-order valence-corrected chi connectivity index (χ3v) is 4.05. The Kier molecular flexibility index (Phi) is 3.88. The van der Waals surface area contributed by atoms with Crippen molar-refractivity contribution in [2.24, 2.45) is 5.92 Å². The van der Waals surface area contributed by atoms with Crippen LogP contribution in [0, 0.1) is 26.7 Å². The Balaban J connectivity index is 1.96. The number of aryl methyl sites for hydroxylation is 3. The second kappa shape index (κ2) is 5.22. The first kappa shape index (κ1) is 12.6. The molecule has 94 valence electrons. The zero-order valence-corrected chi connectivity index (χ0v) is 11.6. The summed E-state index contributed by atoms with van der Waals surface area (Å²) in [6.07, 6.45) is 4.27. The lowest BCUT2D eigenvalue weighted by molar-refractivity contribution is 0.538. The summed E-state index contributed by atoms with van der Waals surface area (Å²) in [6, 6.07) is 5.14. The second-order valence-corrected chi connectivity index (χ2v) is 5.70. The molecule has 1 atom stereocenters. The smallest absolute Gasteiger partial charge is 0.0294 e. The van der Waals surface area contributed by atoms with Gasteiger partial charge in [-0.2, -0.15) is 0 Å². The predicted molar refractivity (Wildman–Crippen MR) is 74.4 cm³/mol. The molecular formula is C16H25N. The highest BCUT2D eigenvalue weighted by Gasteiger charge is 2.20. The molecule has 0 bridgehead atoms. The van der Waals surface area contributed by atoms with Crippen molar-refractivity contribution in [3.05, 3.63) is 34.4 Å². The van der Waals surface area contributed by atoms with Crippen LogP contribution in [0.4, 0.5) is 0 Å². The zero-order valence-electron chi connectivity index (χ0n) is 11.6. The number of rotatable bonds is 5. The summed E-state index contributed by atoms with van der Waals surface area (Å²) in [7, 11) is 0. The number of nitrogens with one attached hydrogen (secondary N) is 1. The van der Waals surface area contributed by atoms with Gasteiger partial charge in [0.15, 0.2) is 0 Å². The van der Waals surface area contributed by atoms with E-state index in [4.69, 9.17) is 0 Å². The van der Waals surface area contributed by atoms with Crippen molar-refractivity contribution in [1.82, 2.24) is 5.32 Å². The predicted octanol–water partition coefficient (Wildman–Crippen LogP) is 4.06. The van der Waals surface area contributed by atoms with Crippen LogP contribution in [0.5, 0.6) is 0 Å². The molecule has 17 heavy (non-hydrogen) atoms. The molecule has 2 rings (SSSR count). The highest BCUT2D eigenvalue weighted by Crippen LogP contribution is 2.32. The lowest BCUT2D eigenvalue weighted by Gasteiger charge is -2.18. The summed E-state index contributed by atoms with van der Waals surface area (Å²) in [5, 5.41) is 3.66. The minimum Gasteiger partial charge on any atom is -0.310 e. The molecule has 1 aromatic rings. The molecule has 0 radical (unpaired) electrons. The van der Waals surface area contributed by atoms with E-state index in [0.717, 1.165) is 12.5 Å². The van der Waals surface area contributed by atoms with Crippen LogP contribution in [0.3, 0.4) is 0 Å². The molecule has 1 saturated carbocycles. The summed E-state index contributed by atoms with van der Waals surface area (Å²) in [5.74, 6) is 1.02. The third kappa shape index (κ3) is 3.32. The SMILES string of the molecule is Cc1cc(C)c(C(C)NCCC2CC2)cc1C. The van der Waals surface area contributed by atoms with Gasteiger partial charge in [0, 0.05) is 6.04 Å². The summed E-state index contributed by atoms with van der Waals surface area (Å²) in [5.41, 5.74) is 5.68. The fraction of sp³-hybridized carbons (Fsp3) is 0.625. The molecule has 0 aliphatic heterocycles. The van der Waals surface area contributed by atoms with Crippen molar-refractivity contribution in [2.45, 2.75) is 53.0 Å². The van der Waals surface area contributed by atoms with Gasteiger partial charge in [-0.1, -0.05) is 25.0 Å². The van der Waals surface area contributed by atoms with E-state index in [1.807, 2.05) is 0 Å². The molecule has 1 aromatic carbocycles. The molecule has 1 unspecified atom stereocenters. The van der Waals surface area contributed by atoms with E-state index in [0.29, 0.717) is 6.04 Å². The van der Waals surface area contributed by atoms with Crippen LogP contribution in [0.1, 0.15) is 54.5 Å². The molecule has 0 heterocycles. The average Bonchev–Trinajstić information content (AvgIpc) is 3.07. The maximum Gasteiger partial charge on any atom is 0.0294 e. The van der Waals surface area contributed by atoms with Crippen LogP contribution >= 0.6 is 0 Å². The van der Waals surface area contributed by atoms with Crippen molar-refractivity contribution < 1.29 is 0 Å². The number of hydrogen-bond donors (Lipinski definition) is 1. The van der Waals surface area contributed by atoms with Gasteiger partial charge in [0.05, 0.1) is 0 Å². The Morgan fingerprint density at radius 2 is 1.76 bits per heavy atom. The average molecular weight is 231 g/mol. The Bertz CT molecular complexity index is 391. The minimum atomic E-state index is 0.480. The van der Waals surface area contributed by atoms with Gasteiger partial charge in [0.1, 0.15) is 0 Å². The maximum absolute atomic E-state index is 3.66. The van der Waals surface area contributed by atoms with Crippen LogP contribution in [-0.4, -0.2) is 6.54 Å². The second-order valence-electron chi connectivity index (χ2n) is 5.70. The standard InChI is InChI=1S/C16H25N/c1-11-9-13(3)16(10-12(11)2)14(4)17-8-7-15-5-6-15/h9-10,14-15,17H,5-8H2,1-4H3. The zero-order chi connectivity index (χ0) is 12.4. The minimum absolute atomic E-state index is 0.480. The van der Waals surface area contributed by atoms with E-state index in [1.54, 1.807) is 0 Å². The van der Waals surface area contributed by atoms with E-state index >= 15 is 0 Å². The molecule has 1 fully saturated rings. The normalized spacial score (nSPS) is 17.2. The summed E-state index contributed by atoms with van der Waals surface area (Å²) < 4.78 is 0. The molecule has 1 aliphatic rings. The fourth-order valence-corrected chi connectivity index (χ4v) is 2.47. The van der Waals surface area contributed by atoms with E-state index in [9.17, 15) is 0 Å². The van der Waals surface area contributed by atoms with Gasteiger partial charge >= 0.3 is 0 Å². The Morgan fingerprint density at radius 1 is 1.12 bits per heavy atom. The van der Waals surface area contributed by atoms with E-state index in [1.165, 1.54) is 41.5 Å². The van der Waals surface area contributed by atoms with E-state index in [-0.39, 0.29) is 0 Å². The van der Waals surface area contributed by atoms with Gasteiger partial charge in [-0.3, -0.25) is 0 Å². The molecular weight excluding hydrogens is 206 g/mol. The van der Waals surface area contributed by atoms with Gasteiger partial charge in [0.25, 0.3) is 0 Å². The van der Waals surface area contributed by atoms with Crippen LogP contribution < -0.4 is 5.32 Å². The summed E-state index contributed by atoms with van der Waals surface area (Å²) in [4.78, 5) is 0. The maximum atomic E-state index is 3.66. The molecule has 1 aliphatic carbocycles. The third-order valence-electron chi connectivity index (χ3n) is 4.05. The van der Waals surface area contributed by atoms with Crippen molar-refractivity contribution in [2.75, 3.05) is 6.54 Å². The fourth-order valence-electron chi connectivity index (χ4n) is 2.47. The largest absolute Gasteiger partial charge is 0.310 e. The van der Waals surface area contributed by atoms with Crippen molar-refractivity contribution >= 4 is 0 Å². The molecule has 1 nitrogen and oxygen atoms in total. The van der Waals surface area contributed by atoms with Gasteiger partial charge in [-0.05, 0) is 68.8 Å². The Hall–Kier alpha value is -0.820. The topological polar surface area (TPSA) is 12.0 Å². The molecule has 1 heteroatoms. The van der Waals surface area contributed by atoms with Gasteiger partial charge in [-0.25, -0.2) is 0 Å². The van der Waals surface area contributed by atoms with Crippen molar-refractivity contribution in [3.63, 3.8) is 0 Å². The Labute approximate surface area is 106 Å². The van der Waals surface area contributed by atoms with E-state index in [2.05, 4.69) is 45.1 Å². The van der Waals surface area contributed by atoms with Crippen molar-refractivity contribution in [3.8, 4) is 0 Å². The Morgan fingerprint density at radius 3 is 2.41 bits per heavy atom. The van der Waals surface area contributed by atoms with Gasteiger partial charge < -0.3 is 5.32 Å². The first-order chi connectivity index (χ1) is 8.08. The lowest BCUT2D eigenvalue weighted by Crippen LogP contribution is -2.21. The molecule has 1 N–H and O–H groups in total. The molecule has 0 saturated heterocycles. The summed E-state index contributed by atoms with van der Waals surface area (Å²) in [6.45, 7) is 10.1. The van der Waals surface area contributed by atoms with Crippen molar-refractivity contribution in [1.29, 1.82) is 0 Å². The first-order valence-electron chi connectivity index (χ1n) is 6.89. The van der Waals surface area contributed by atoms with Crippen LogP contribution in [0.2, 0.25) is 0 Å². The van der Waals surface area contributed by atoms with Crippen LogP contribution in [0.15, 0.2) is 12.1 Å². The monoisotopic (exact) mass is 231 g/mol. The highest BCUT2D eigenvalue weighted by atomic mass is 14.9. The lowest BCUT2D eigenvalue weighted by atomic mass is 9.96. The number of hydrogen-bond acceptors (Lipinski definition) is 1. The highest BCUT2D eigenvalue weighted by molar-refractivity contribution is 5.37. The first-order valence-corrected chi connectivity index (χ1v) is 6.89. The molecule has 0 aromatic heterocycles. The van der Waals surface area contributed by atoms with E-state index < -0.39 is 0 Å². The number of benzene rings is 1. The molecule has 0 amide bonds. The quantitative estimate of drug-likeness (QED) is 0.805. The van der Waals surface area contributed by atoms with Crippen LogP contribution in [-0.2, 0) is 0 Å². The van der Waals surface area contributed by atoms with Gasteiger partial charge in [0.2, 0.25) is 0 Å². The van der Waals surface area contributed by atoms with Crippen LogP contribution in [0.25, 0.3) is 0 Å².